The highest BCUT2D eigenvalue weighted by molar-refractivity contribution is 7.15. The maximum atomic E-state index is 13.3. The third-order valence-electron chi connectivity index (χ3n) is 7.14. The Morgan fingerprint density at radius 2 is 1.74 bits per heavy atom. The van der Waals surface area contributed by atoms with Gasteiger partial charge in [0.15, 0.2) is 0 Å². The summed E-state index contributed by atoms with van der Waals surface area (Å²) in [7, 11) is 0. The number of carboxylic acid groups (broad SMARTS) is 1. The minimum Gasteiger partial charge on any atom is -0.481 e. The molecule has 7 heteroatoms. The summed E-state index contributed by atoms with van der Waals surface area (Å²) in [6, 6.07) is 14.0. The average Bonchev–Trinajstić information content (AvgIpc) is 3.52. The molecule has 2 aliphatic carbocycles. The van der Waals surface area contributed by atoms with Crippen molar-refractivity contribution in [2.24, 2.45) is 23.7 Å². The maximum absolute atomic E-state index is 13.3. The molecule has 2 bridgehead atoms. The number of aliphatic carboxylic acids is 1. The second kappa shape index (κ2) is 8.87. The molecule has 1 heterocycles. The first-order chi connectivity index (χ1) is 16.3. The highest BCUT2D eigenvalue weighted by Crippen LogP contribution is 2.53. The molecule has 6 nitrogen and oxygen atoms in total. The zero-order chi connectivity index (χ0) is 24.0. The molecule has 4 atom stereocenters. The van der Waals surface area contributed by atoms with Gasteiger partial charge in [-0.3, -0.25) is 9.59 Å². The predicted octanol–water partition coefficient (Wildman–Crippen LogP) is 5.82. The van der Waals surface area contributed by atoms with Crippen molar-refractivity contribution in [3.8, 4) is 11.1 Å². The van der Waals surface area contributed by atoms with Gasteiger partial charge in [0.2, 0.25) is 5.91 Å². The summed E-state index contributed by atoms with van der Waals surface area (Å²) in [5.41, 5.74) is 1.87. The fraction of sp³-hybridized carbons (Fsp3) is 0.370. The van der Waals surface area contributed by atoms with Crippen LogP contribution in [0.15, 0.2) is 47.8 Å². The Hall–Kier alpha value is -3.19. The van der Waals surface area contributed by atoms with E-state index in [-0.39, 0.29) is 23.8 Å². The van der Waals surface area contributed by atoms with Gasteiger partial charge in [-0.1, -0.05) is 36.4 Å². The molecule has 0 saturated heterocycles. The number of carbonyl (C=O) groups excluding carboxylic acids is 2. The summed E-state index contributed by atoms with van der Waals surface area (Å²) in [6.07, 6.45) is 2.20. The second-order valence-electron chi connectivity index (χ2n) is 9.58. The van der Waals surface area contributed by atoms with E-state index >= 15 is 0 Å². The topological polar surface area (TPSA) is 92.7 Å². The third-order valence-corrected chi connectivity index (χ3v) is 8.03. The summed E-state index contributed by atoms with van der Waals surface area (Å²) in [6.45, 7) is 3.57. The Morgan fingerprint density at radius 1 is 1.03 bits per heavy atom. The Morgan fingerprint density at radius 3 is 2.44 bits per heavy atom. The Bertz CT molecular complexity index is 1280. The van der Waals surface area contributed by atoms with Crippen molar-refractivity contribution >= 4 is 45.0 Å². The molecule has 1 amide bonds. The van der Waals surface area contributed by atoms with Crippen LogP contribution in [0.2, 0.25) is 0 Å². The summed E-state index contributed by atoms with van der Waals surface area (Å²) < 4.78 is 5.52. The van der Waals surface area contributed by atoms with Crippen LogP contribution < -0.4 is 5.32 Å². The molecule has 2 fully saturated rings. The summed E-state index contributed by atoms with van der Waals surface area (Å²) >= 11 is 1.27. The van der Waals surface area contributed by atoms with E-state index in [1.807, 2.05) is 47.8 Å². The van der Waals surface area contributed by atoms with E-state index in [2.05, 4.69) is 5.32 Å². The molecule has 5 rings (SSSR count). The molecule has 176 valence electrons. The molecule has 1 aromatic heterocycles. The highest BCUT2D eigenvalue weighted by atomic mass is 32.1. The monoisotopic (exact) mass is 477 g/mol. The number of nitrogens with one attached hydrogen (secondary N) is 1. The molecule has 2 N–H and O–H groups in total. The lowest BCUT2D eigenvalue weighted by atomic mass is 9.78. The largest absolute Gasteiger partial charge is 0.481 e. The van der Waals surface area contributed by atoms with Crippen molar-refractivity contribution in [1.29, 1.82) is 0 Å². The minimum atomic E-state index is -0.908. The van der Waals surface area contributed by atoms with E-state index in [0.29, 0.717) is 16.1 Å². The smallest absolute Gasteiger partial charge is 0.342 e. The summed E-state index contributed by atoms with van der Waals surface area (Å²) in [5, 5.41) is 17.1. The zero-order valence-electron chi connectivity index (χ0n) is 19.1. The molecule has 0 radical (unpaired) electrons. The van der Waals surface area contributed by atoms with Crippen molar-refractivity contribution in [1.82, 2.24) is 0 Å². The molecule has 2 aliphatic rings. The van der Waals surface area contributed by atoms with Crippen LogP contribution in [0.4, 0.5) is 5.00 Å². The van der Waals surface area contributed by atoms with Crippen LogP contribution in [-0.4, -0.2) is 29.1 Å². The van der Waals surface area contributed by atoms with Crippen LogP contribution in [0.5, 0.6) is 0 Å². The van der Waals surface area contributed by atoms with Crippen molar-refractivity contribution in [3.63, 3.8) is 0 Å². The van der Waals surface area contributed by atoms with Crippen molar-refractivity contribution in [3.05, 3.63) is 53.4 Å². The molecule has 3 aromatic rings. The molecule has 2 aromatic carbocycles. The van der Waals surface area contributed by atoms with Gasteiger partial charge in [0.05, 0.1) is 17.9 Å². The molecule has 34 heavy (non-hydrogen) atoms. The van der Waals surface area contributed by atoms with Crippen LogP contribution in [0, 0.1) is 23.7 Å². The van der Waals surface area contributed by atoms with Crippen LogP contribution in [0.1, 0.15) is 43.5 Å². The maximum Gasteiger partial charge on any atom is 0.342 e. The van der Waals surface area contributed by atoms with Gasteiger partial charge in [0, 0.05) is 10.9 Å². The number of fused-ring (bicyclic) bond motifs is 3. The van der Waals surface area contributed by atoms with Gasteiger partial charge >= 0.3 is 11.9 Å². The predicted molar refractivity (Wildman–Crippen MR) is 132 cm³/mol. The van der Waals surface area contributed by atoms with Crippen LogP contribution in [0.25, 0.3) is 21.9 Å². The normalized spacial score (nSPS) is 23.4. The fourth-order valence-electron chi connectivity index (χ4n) is 5.71. The molecule has 0 aliphatic heterocycles. The third kappa shape index (κ3) is 3.98. The van der Waals surface area contributed by atoms with Gasteiger partial charge in [0.1, 0.15) is 10.6 Å². The van der Waals surface area contributed by atoms with E-state index in [1.54, 1.807) is 13.8 Å². The van der Waals surface area contributed by atoms with E-state index in [4.69, 9.17) is 4.74 Å². The number of carboxylic acids is 1. The van der Waals surface area contributed by atoms with Gasteiger partial charge in [0.25, 0.3) is 0 Å². The molecule has 2 saturated carbocycles. The number of rotatable bonds is 6. The summed E-state index contributed by atoms with van der Waals surface area (Å²) in [5.74, 6) is -2.82. The summed E-state index contributed by atoms with van der Waals surface area (Å²) in [4.78, 5) is 38.4. The fourth-order valence-corrected chi connectivity index (χ4v) is 6.67. The standard InChI is InChI=1S/C27H27NO5S/c1-14(2)33-27(32)23-20(17-8-7-15-5-3-4-6-16(15)11-17)13-34-25(23)28-24(29)21-18-9-10-19(12-18)22(21)26(30)31/h3-8,11,13-14,18-19,21-22H,9-10,12H2,1-2H3,(H,28,29)(H,30,31)/t18-,19+,21-,22+/m1/s1. The molecular formula is C27H27NO5S. The number of hydrogen-bond acceptors (Lipinski definition) is 5. The van der Waals surface area contributed by atoms with E-state index < -0.39 is 23.8 Å². The number of hydrogen-bond donors (Lipinski definition) is 2. The molecular weight excluding hydrogens is 450 g/mol. The van der Waals surface area contributed by atoms with Gasteiger partial charge in [-0.15, -0.1) is 11.3 Å². The quantitative estimate of drug-likeness (QED) is 0.437. The number of esters is 1. The number of amides is 1. The first-order valence-corrected chi connectivity index (χ1v) is 12.6. The SMILES string of the molecule is CC(C)OC(=O)c1c(-c2ccc3ccccc3c2)csc1NC(=O)[C@@H]1[C@@H]2CC[C@@H](C2)[C@@H]1C(=O)O. The van der Waals surface area contributed by atoms with Crippen molar-refractivity contribution in [2.45, 2.75) is 39.2 Å². The van der Waals surface area contributed by atoms with Crippen LogP contribution in [-0.2, 0) is 14.3 Å². The minimum absolute atomic E-state index is 0.0557. The number of ether oxygens (including phenoxy) is 1. The highest BCUT2D eigenvalue weighted by Gasteiger charge is 2.54. The second-order valence-corrected chi connectivity index (χ2v) is 10.5. The number of thiophene rings is 1. The Balaban J connectivity index is 1.51. The number of benzene rings is 2. The van der Waals surface area contributed by atoms with Crippen LogP contribution in [0.3, 0.4) is 0 Å². The lowest BCUT2D eigenvalue weighted by Crippen LogP contribution is -2.38. The van der Waals surface area contributed by atoms with Gasteiger partial charge in [-0.2, -0.15) is 0 Å². The first kappa shape index (κ1) is 22.6. The number of carbonyl (C=O) groups is 3. The lowest BCUT2D eigenvalue weighted by Gasteiger charge is -2.27. The first-order valence-electron chi connectivity index (χ1n) is 11.7. The average molecular weight is 478 g/mol. The molecule has 0 unspecified atom stereocenters. The van der Waals surface area contributed by atoms with Crippen molar-refractivity contribution < 1.29 is 24.2 Å². The van der Waals surface area contributed by atoms with Crippen molar-refractivity contribution in [2.75, 3.05) is 5.32 Å². The van der Waals surface area contributed by atoms with Gasteiger partial charge in [-0.05, 0) is 67.3 Å². The number of anilines is 1. The van der Waals surface area contributed by atoms with E-state index in [9.17, 15) is 19.5 Å². The lowest BCUT2D eigenvalue weighted by molar-refractivity contribution is -0.148. The van der Waals surface area contributed by atoms with E-state index in [1.165, 1.54) is 11.3 Å². The zero-order valence-corrected chi connectivity index (χ0v) is 19.9. The molecule has 0 spiro atoms. The van der Waals surface area contributed by atoms with Gasteiger partial charge in [-0.25, -0.2) is 4.79 Å². The van der Waals surface area contributed by atoms with E-state index in [0.717, 1.165) is 35.6 Å². The van der Waals surface area contributed by atoms with Gasteiger partial charge < -0.3 is 15.2 Å². The Kier molecular flexibility index (Phi) is 5.90. The Labute approximate surface area is 201 Å². The van der Waals surface area contributed by atoms with Crippen LogP contribution >= 0.6 is 11.3 Å².